The molecule has 128 valence electrons. The number of carbonyl (C=O) groups excluding carboxylic acids is 1. The monoisotopic (exact) mass is 377 g/mol. The highest BCUT2D eigenvalue weighted by Crippen LogP contribution is 2.33. The van der Waals surface area contributed by atoms with Gasteiger partial charge in [-0.25, -0.2) is 0 Å². The normalized spacial score (nSPS) is 10.5. The predicted molar refractivity (Wildman–Crippen MR) is 94.7 cm³/mol. The van der Waals surface area contributed by atoms with Gasteiger partial charge in [0.25, 0.3) is 5.91 Å². The molecule has 0 fully saturated rings. The van der Waals surface area contributed by atoms with Crippen LogP contribution >= 0.6 is 23.2 Å². The van der Waals surface area contributed by atoms with Gasteiger partial charge < -0.3 is 10.1 Å². The molecule has 0 aliphatic heterocycles. The molecule has 0 unspecified atom stereocenters. The van der Waals surface area contributed by atoms with Crippen molar-refractivity contribution in [2.45, 2.75) is 6.92 Å². The number of hydrogen-bond donors (Lipinski definition) is 1. The number of anilines is 1. The molecule has 3 rings (SSSR count). The molecule has 0 saturated heterocycles. The van der Waals surface area contributed by atoms with Gasteiger partial charge in [0.2, 0.25) is 0 Å². The largest absolute Gasteiger partial charge is 0.490 e. The molecule has 0 atom stereocenters. The van der Waals surface area contributed by atoms with Crippen LogP contribution in [0.2, 0.25) is 10.0 Å². The van der Waals surface area contributed by atoms with Gasteiger partial charge in [0.05, 0.1) is 28.6 Å². The molecule has 0 bridgehead atoms. The first-order valence-corrected chi connectivity index (χ1v) is 8.11. The first kappa shape index (κ1) is 17.2. The van der Waals surface area contributed by atoms with E-state index in [4.69, 9.17) is 27.9 Å². The van der Waals surface area contributed by atoms with Gasteiger partial charge in [0.1, 0.15) is 6.33 Å². The summed E-state index contributed by atoms with van der Waals surface area (Å²) in [4.78, 5) is 12.8. The van der Waals surface area contributed by atoms with Gasteiger partial charge in [-0.3, -0.25) is 4.79 Å². The van der Waals surface area contributed by atoms with E-state index in [1.54, 1.807) is 36.4 Å². The number of para-hydroxylation sites is 1. The zero-order chi connectivity index (χ0) is 17.8. The van der Waals surface area contributed by atoms with E-state index < -0.39 is 5.91 Å². The SMILES string of the molecule is CCOc1c(Cl)cccc1NC(=O)c1cc(Cl)ccc1-n1cnnn1. The van der Waals surface area contributed by atoms with E-state index in [1.807, 2.05) is 6.92 Å². The molecule has 25 heavy (non-hydrogen) atoms. The van der Waals surface area contributed by atoms with Crippen LogP contribution in [0.5, 0.6) is 5.75 Å². The fraction of sp³-hybridized carbons (Fsp3) is 0.125. The lowest BCUT2D eigenvalue weighted by molar-refractivity contribution is 0.102. The van der Waals surface area contributed by atoms with Crippen LogP contribution in [0.4, 0.5) is 5.69 Å². The summed E-state index contributed by atoms with van der Waals surface area (Å²) < 4.78 is 6.90. The van der Waals surface area contributed by atoms with Crippen LogP contribution in [-0.2, 0) is 0 Å². The Morgan fingerprint density at radius 3 is 2.84 bits per heavy atom. The number of amides is 1. The van der Waals surface area contributed by atoms with Crippen molar-refractivity contribution < 1.29 is 9.53 Å². The van der Waals surface area contributed by atoms with Crippen molar-refractivity contribution in [1.29, 1.82) is 0 Å². The highest BCUT2D eigenvalue weighted by atomic mass is 35.5. The number of halogens is 2. The highest BCUT2D eigenvalue weighted by Gasteiger charge is 2.17. The van der Waals surface area contributed by atoms with Crippen LogP contribution in [0, 0.1) is 0 Å². The number of carbonyl (C=O) groups is 1. The van der Waals surface area contributed by atoms with Crippen molar-refractivity contribution in [2.75, 3.05) is 11.9 Å². The fourth-order valence-corrected chi connectivity index (χ4v) is 2.65. The summed E-state index contributed by atoms with van der Waals surface area (Å²) in [6, 6.07) is 9.97. The standard InChI is InChI=1S/C16H13Cl2N5O2/c1-2-25-15-12(18)4-3-5-13(15)20-16(24)11-8-10(17)6-7-14(11)23-9-19-21-22-23/h3-9H,2H2,1H3,(H,20,24). The van der Waals surface area contributed by atoms with Crippen LogP contribution in [0.15, 0.2) is 42.7 Å². The number of benzene rings is 2. The molecule has 1 amide bonds. The Bertz CT molecular complexity index is 900. The second-order valence-electron chi connectivity index (χ2n) is 4.92. The topological polar surface area (TPSA) is 81.9 Å². The number of ether oxygens (including phenoxy) is 1. The zero-order valence-electron chi connectivity index (χ0n) is 13.1. The third-order valence-electron chi connectivity index (χ3n) is 3.30. The lowest BCUT2D eigenvalue weighted by Crippen LogP contribution is -2.16. The molecule has 2 aromatic carbocycles. The van der Waals surface area contributed by atoms with Crippen molar-refractivity contribution in [3.63, 3.8) is 0 Å². The summed E-state index contributed by atoms with van der Waals surface area (Å²) in [5.74, 6) is 0.0160. The lowest BCUT2D eigenvalue weighted by atomic mass is 10.1. The molecule has 0 spiro atoms. The summed E-state index contributed by atoms with van der Waals surface area (Å²) in [5.41, 5.74) is 1.26. The third kappa shape index (κ3) is 3.72. The Morgan fingerprint density at radius 1 is 1.28 bits per heavy atom. The van der Waals surface area contributed by atoms with Crippen LogP contribution in [0.25, 0.3) is 5.69 Å². The molecular formula is C16H13Cl2N5O2. The van der Waals surface area contributed by atoms with E-state index in [-0.39, 0.29) is 0 Å². The Balaban J connectivity index is 1.98. The number of rotatable bonds is 5. The maximum absolute atomic E-state index is 12.8. The third-order valence-corrected chi connectivity index (χ3v) is 3.84. The van der Waals surface area contributed by atoms with Gasteiger partial charge in [-0.05, 0) is 47.7 Å². The summed E-state index contributed by atoms with van der Waals surface area (Å²) in [6.07, 6.45) is 1.39. The van der Waals surface area contributed by atoms with Gasteiger partial charge in [0, 0.05) is 5.02 Å². The lowest BCUT2D eigenvalue weighted by Gasteiger charge is -2.14. The average Bonchev–Trinajstić information content (AvgIpc) is 3.12. The molecule has 0 radical (unpaired) electrons. The smallest absolute Gasteiger partial charge is 0.258 e. The minimum absolute atomic E-state index is 0.308. The van der Waals surface area contributed by atoms with Crippen LogP contribution in [0.1, 0.15) is 17.3 Å². The summed E-state index contributed by atoms with van der Waals surface area (Å²) >= 11 is 12.2. The number of tetrazole rings is 1. The van der Waals surface area contributed by atoms with Crippen molar-refractivity contribution in [3.05, 3.63) is 58.3 Å². The second kappa shape index (κ2) is 7.50. The van der Waals surface area contributed by atoms with E-state index in [0.29, 0.717) is 39.3 Å². The summed E-state index contributed by atoms with van der Waals surface area (Å²) in [7, 11) is 0. The molecule has 9 heteroatoms. The van der Waals surface area contributed by atoms with Crippen LogP contribution in [-0.4, -0.2) is 32.7 Å². The Labute approximate surface area is 153 Å². The van der Waals surface area contributed by atoms with Gasteiger partial charge in [-0.2, -0.15) is 4.68 Å². The quantitative estimate of drug-likeness (QED) is 0.733. The molecule has 1 aromatic heterocycles. The zero-order valence-corrected chi connectivity index (χ0v) is 14.6. The van der Waals surface area contributed by atoms with Crippen LogP contribution in [0.3, 0.4) is 0 Å². The minimum Gasteiger partial charge on any atom is -0.490 e. The first-order chi connectivity index (χ1) is 12.1. The van der Waals surface area contributed by atoms with E-state index >= 15 is 0 Å². The van der Waals surface area contributed by atoms with E-state index in [9.17, 15) is 4.79 Å². The molecule has 0 saturated carbocycles. The number of hydrogen-bond acceptors (Lipinski definition) is 5. The minimum atomic E-state index is -0.392. The van der Waals surface area contributed by atoms with E-state index in [0.717, 1.165) is 0 Å². The molecule has 1 heterocycles. The predicted octanol–water partition coefficient (Wildman–Crippen LogP) is 3.62. The maximum Gasteiger partial charge on any atom is 0.258 e. The van der Waals surface area contributed by atoms with Gasteiger partial charge in [-0.15, -0.1) is 5.10 Å². The van der Waals surface area contributed by atoms with Gasteiger partial charge >= 0.3 is 0 Å². The first-order valence-electron chi connectivity index (χ1n) is 7.35. The fourth-order valence-electron chi connectivity index (χ4n) is 2.25. The van der Waals surface area contributed by atoms with E-state index in [1.165, 1.54) is 11.0 Å². The Kier molecular flexibility index (Phi) is 5.16. The van der Waals surface area contributed by atoms with Crippen LogP contribution < -0.4 is 10.1 Å². The van der Waals surface area contributed by atoms with Crippen molar-refractivity contribution in [2.24, 2.45) is 0 Å². The van der Waals surface area contributed by atoms with Crippen molar-refractivity contribution >= 4 is 34.8 Å². The maximum atomic E-state index is 12.8. The van der Waals surface area contributed by atoms with E-state index in [2.05, 4.69) is 20.8 Å². The molecular weight excluding hydrogens is 365 g/mol. The number of nitrogens with one attached hydrogen (secondary N) is 1. The molecule has 1 N–H and O–H groups in total. The van der Waals surface area contributed by atoms with Crippen molar-refractivity contribution in [3.8, 4) is 11.4 Å². The van der Waals surface area contributed by atoms with Gasteiger partial charge in [0.15, 0.2) is 5.75 Å². The summed E-state index contributed by atoms with van der Waals surface area (Å²) in [6.45, 7) is 2.25. The molecule has 0 aliphatic carbocycles. The highest BCUT2D eigenvalue weighted by molar-refractivity contribution is 6.33. The Morgan fingerprint density at radius 2 is 2.12 bits per heavy atom. The second-order valence-corrected chi connectivity index (χ2v) is 5.76. The molecule has 3 aromatic rings. The molecule has 7 nitrogen and oxygen atoms in total. The Hall–Kier alpha value is -2.64. The van der Waals surface area contributed by atoms with Gasteiger partial charge in [-0.1, -0.05) is 29.3 Å². The number of nitrogens with zero attached hydrogens (tertiary/aromatic N) is 4. The van der Waals surface area contributed by atoms with Crippen molar-refractivity contribution in [1.82, 2.24) is 20.2 Å². The average molecular weight is 378 g/mol. The summed E-state index contributed by atoms with van der Waals surface area (Å²) in [5, 5.41) is 14.6. The number of aromatic nitrogens is 4. The molecule has 0 aliphatic rings.